The van der Waals surface area contributed by atoms with E-state index < -0.39 is 0 Å². The van der Waals surface area contributed by atoms with Gasteiger partial charge in [0.05, 0.1) is 0 Å². The van der Waals surface area contributed by atoms with Gasteiger partial charge in [0.15, 0.2) is 0 Å². The third kappa shape index (κ3) is 5.17. The first kappa shape index (κ1) is 15.2. The zero-order valence-electron chi connectivity index (χ0n) is 12.1. The fraction of sp³-hybridized carbons (Fsp3) is 0.857. The smallest absolute Gasteiger partial charge is 0.138 e. The summed E-state index contributed by atoms with van der Waals surface area (Å²) in [5.74, 6) is 1.02. The normalized spacial score (nSPS) is 13.2. The third-order valence-corrected chi connectivity index (χ3v) is 3.26. The van der Waals surface area contributed by atoms with Crippen LogP contribution < -0.4 is 5.73 Å². The minimum atomic E-state index is 0.216. The molecule has 0 fully saturated rings. The van der Waals surface area contributed by atoms with Crippen molar-refractivity contribution in [3.05, 3.63) is 12.2 Å². The average molecular weight is 252 g/mol. The number of rotatable bonds is 9. The Hall–Kier alpha value is -0.900. The van der Waals surface area contributed by atoms with Crippen LogP contribution in [0.5, 0.6) is 0 Å². The molecule has 1 heterocycles. The molecule has 0 amide bonds. The summed E-state index contributed by atoms with van der Waals surface area (Å²) in [6.45, 7) is 6.48. The maximum atomic E-state index is 6.17. The van der Waals surface area contributed by atoms with Crippen LogP contribution >= 0.6 is 0 Å². The molecule has 104 valence electrons. The van der Waals surface area contributed by atoms with Gasteiger partial charge in [0.1, 0.15) is 12.2 Å². The van der Waals surface area contributed by atoms with Gasteiger partial charge in [0, 0.05) is 18.5 Å². The highest BCUT2D eigenvalue weighted by atomic mass is 15.3. The lowest BCUT2D eigenvalue weighted by Crippen LogP contribution is -2.25. The summed E-state index contributed by atoms with van der Waals surface area (Å²) in [7, 11) is 0. The zero-order chi connectivity index (χ0) is 13.4. The largest absolute Gasteiger partial charge is 0.327 e. The minimum absolute atomic E-state index is 0.216. The molecular formula is C14H28N4. The Kier molecular flexibility index (Phi) is 6.94. The van der Waals surface area contributed by atoms with E-state index in [4.69, 9.17) is 5.73 Å². The van der Waals surface area contributed by atoms with E-state index in [1.165, 1.54) is 32.1 Å². The van der Waals surface area contributed by atoms with E-state index in [1.807, 2.05) is 4.68 Å². The van der Waals surface area contributed by atoms with Gasteiger partial charge < -0.3 is 5.73 Å². The van der Waals surface area contributed by atoms with Gasteiger partial charge in [-0.05, 0) is 20.3 Å². The van der Waals surface area contributed by atoms with Gasteiger partial charge in [-0.25, -0.2) is 9.67 Å². The van der Waals surface area contributed by atoms with Gasteiger partial charge >= 0.3 is 0 Å². The molecule has 0 aromatic carbocycles. The molecule has 0 saturated carbocycles. The number of hydrogen-bond donors (Lipinski definition) is 1. The van der Waals surface area contributed by atoms with E-state index in [-0.39, 0.29) is 6.04 Å². The highest BCUT2D eigenvalue weighted by Crippen LogP contribution is 2.11. The maximum absolute atomic E-state index is 6.17. The van der Waals surface area contributed by atoms with E-state index in [0.717, 1.165) is 18.7 Å². The van der Waals surface area contributed by atoms with Gasteiger partial charge in [-0.1, -0.05) is 39.0 Å². The summed E-state index contributed by atoms with van der Waals surface area (Å²) in [6.07, 6.45) is 10.1. The van der Waals surface area contributed by atoms with Crippen molar-refractivity contribution in [1.82, 2.24) is 14.8 Å². The van der Waals surface area contributed by atoms with Crippen molar-refractivity contribution in [3.8, 4) is 0 Å². The fourth-order valence-corrected chi connectivity index (χ4v) is 2.20. The van der Waals surface area contributed by atoms with Crippen LogP contribution in [-0.2, 0) is 6.42 Å². The van der Waals surface area contributed by atoms with Crippen LogP contribution in [0.25, 0.3) is 0 Å². The van der Waals surface area contributed by atoms with Crippen LogP contribution in [0.3, 0.4) is 0 Å². The molecule has 0 bridgehead atoms. The predicted octanol–water partition coefficient (Wildman–Crippen LogP) is 3.09. The highest BCUT2D eigenvalue weighted by Gasteiger charge is 2.11. The van der Waals surface area contributed by atoms with Gasteiger partial charge in [-0.3, -0.25) is 0 Å². The Balaban J connectivity index is 2.26. The summed E-state index contributed by atoms with van der Waals surface area (Å²) in [6, 6.07) is 0.576. The Morgan fingerprint density at radius 2 is 1.94 bits per heavy atom. The highest BCUT2D eigenvalue weighted by molar-refractivity contribution is 4.90. The van der Waals surface area contributed by atoms with Crippen molar-refractivity contribution in [1.29, 1.82) is 0 Å². The molecule has 1 aromatic rings. The van der Waals surface area contributed by atoms with Crippen LogP contribution in [0.4, 0.5) is 0 Å². The molecule has 1 rings (SSSR count). The lowest BCUT2D eigenvalue weighted by molar-refractivity contribution is 0.474. The van der Waals surface area contributed by atoms with Gasteiger partial charge in [-0.2, -0.15) is 5.10 Å². The van der Waals surface area contributed by atoms with Crippen molar-refractivity contribution in [2.24, 2.45) is 5.73 Å². The molecule has 0 radical (unpaired) electrons. The van der Waals surface area contributed by atoms with Crippen LogP contribution in [0.15, 0.2) is 6.33 Å². The van der Waals surface area contributed by atoms with Crippen LogP contribution in [0.2, 0.25) is 0 Å². The summed E-state index contributed by atoms with van der Waals surface area (Å²) >= 11 is 0. The zero-order valence-corrected chi connectivity index (χ0v) is 12.1. The molecule has 1 aromatic heterocycles. The first-order chi connectivity index (χ1) is 8.65. The SMILES string of the molecule is CCCCCCCC(N)Cc1ncnn1C(C)C. The monoisotopic (exact) mass is 252 g/mol. The van der Waals surface area contributed by atoms with Crippen molar-refractivity contribution in [3.63, 3.8) is 0 Å². The minimum Gasteiger partial charge on any atom is -0.327 e. The molecule has 0 saturated heterocycles. The maximum Gasteiger partial charge on any atom is 0.138 e. The van der Waals surface area contributed by atoms with E-state index in [9.17, 15) is 0 Å². The molecule has 2 N–H and O–H groups in total. The van der Waals surface area contributed by atoms with Crippen LogP contribution in [0.1, 0.15) is 71.2 Å². The molecule has 1 atom stereocenters. The van der Waals surface area contributed by atoms with Gasteiger partial charge in [0.25, 0.3) is 0 Å². The summed E-state index contributed by atoms with van der Waals surface area (Å²) in [4.78, 5) is 4.31. The van der Waals surface area contributed by atoms with Gasteiger partial charge in [-0.15, -0.1) is 0 Å². The van der Waals surface area contributed by atoms with E-state index in [1.54, 1.807) is 6.33 Å². The van der Waals surface area contributed by atoms with Crippen molar-refractivity contribution in [2.45, 2.75) is 77.8 Å². The van der Waals surface area contributed by atoms with E-state index in [2.05, 4.69) is 30.9 Å². The molecule has 0 aliphatic carbocycles. The second-order valence-corrected chi connectivity index (χ2v) is 5.38. The quantitative estimate of drug-likeness (QED) is 0.687. The second-order valence-electron chi connectivity index (χ2n) is 5.38. The van der Waals surface area contributed by atoms with Gasteiger partial charge in [0.2, 0.25) is 0 Å². The Morgan fingerprint density at radius 3 is 2.61 bits per heavy atom. The van der Waals surface area contributed by atoms with Crippen molar-refractivity contribution in [2.75, 3.05) is 0 Å². The molecule has 4 heteroatoms. The first-order valence-electron chi connectivity index (χ1n) is 7.29. The standard InChI is InChI=1S/C14H28N4/c1-4-5-6-7-8-9-13(15)10-14-16-11-17-18(14)12(2)3/h11-13H,4-10,15H2,1-3H3. The lowest BCUT2D eigenvalue weighted by atomic mass is 10.0. The first-order valence-corrected chi connectivity index (χ1v) is 7.29. The Bertz CT molecular complexity index is 319. The molecule has 0 aliphatic heterocycles. The van der Waals surface area contributed by atoms with E-state index >= 15 is 0 Å². The molecular weight excluding hydrogens is 224 g/mol. The molecule has 0 aliphatic rings. The lowest BCUT2D eigenvalue weighted by Gasteiger charge is -2.13. The van der Waals surface area contributed by atoms with Crippen LogP contribution in [0, 0.1) is 0 Å². The summed E-state index contributed by atoms with van der Waals surface area (Å²) < 4.78 is 1.97. The average Bonchev–Trinajstić information content (AvgIpc) is 2.77. The number of unbranched alkanes of at least 4 members (excludes halogenated alkanes) is 4. The van der Waals surface area contributed by atoms with Crippen molar-refractivity contribution < 1.29 is 0 Å². The molecule has 18 heavy (non-hydrogen) atoms. The summed E-state index contributed by atoms with van der Waals surface area (Å²) in [5, 5.41) is 4.24. The number of nitrogens with zero attached hydrogens (tertiary/aromatic N) is 3. The predicted molar refractivity (Wildman–Crippen MR) is 75.5 cm³/mol. The second kappa shape index (κ2) is 8.25. The molecule has 1 unspecified atom stereocenters. The number of aromatic nitrogens is 3. The molecule has 0 spiro atoms. The summed E-state index contributed by atoms with van der Waals surface area (Å²) in [5.41, 5.74) is 6.17. The Labute approximate surface area is 111 Å². The number of nitrogens with two attached hydrogens (primary N) is 1. The van der Waals surface area contributed by atoms with E-state index in [0.29, 0.717) is 6.04 Å². The topological polar surface area (TPSA) is 56.7 Å². The number of hydrogen-bond acceptors (Lipinski definition) is 3. The fourth-order valence-electron chi connectivity index (χ4n) is 2.20. The third-order valence-electron chi connectivity index (χ3n) is 3.26. The molecule has 4 nitrogen and oxygen atoms in total. The van der Waals surface area contributed by atoms with Crippen LogP contribution in [-0.4, -0.2) is 20.8 Å². The van der Waals surface area contributed by atoms with Crippen molar-refractivity contribution >= 4 is 0 Å². The Morgan fingerprint density at radius 1 is 1.22 bits per heavy atom.